The lowest BCUT2D eigenvalue weighted by molar-refractivity contribution is 0.271. The van der Waals surface area contributed by atoms with E-state index in [4.69, 9.17) is 10.5 Å². The van der Waals surface area contributed by atoms with Crippen molar-refractivity contribution in [2.24, 2.45) is 11.7 Å². The van der Waals surface area contributed by atoms with Gasteiger partial charge >= 0.3 is 0 Å². The van der Waals surface area contributed by atoms with Crippen LogP contribution in [0.5, 0.6) is 5.75 Å². The Labute approximate surface area is 134 Å². The monoisotopic (exact) mass is 311 g/mol. The Hall–Kier alpha value is -2.40. The second-order valence-corrected chi connectivity index (χ2v) is 6.28. The second kappa shape index (κ2) is 6.38. The number of rotatable bonds is 5. The van der Waals surface area contributed by atoms with Gasteiger partial charge in [0.2, 0.25) is 0 Å². The van der Waals surface area contributed by atoms with Crippen molar-refractivity contribution in [1.29, 1.82) is 0 Å². The van der Waals surface area contributed by atoms with E-state index in [9.17, 15) is 4.79 Å². The van der Waals surface area contributed by atoms with Gasteiger partial charge in [0.15, 0.2) is 0 Å². The van der Waals surface area contributed by atoms with Gasteiger partial charge in [-0.15, -0.1) is 0 Å². The molecule has 3 aromatic rings. The molecule has 5 nitrogen and oxygen atoms in total. The molecule has 0 aliphatic carbocycles. The van der Waals surface area contributed by atoms with Gasteiger partial charge in [0.1, 0.15) is 12.4 Å². The van der Waals surface area contributed by atoms with E-state index in [0.717, 1.165) is 22.7 Å². The Morgan fingerprint density at radius 1 is 1.22 bits per heavy atom. The third-order valence-corrected chi connectivity index (χ3v) is 3.83. The molecule has 0 amide bonds. The third kappa shape index (κ3) is 3.35. The number of nitrogens with one attached hydrogen (secondary N) is 1. The van der Waals surface area contributed by atoms with E-state index in [0.29, 0.717) is 23.7 Å². The number of pyridine rings is 2. The minimum Gasteiger partial charge on any atom is -0.492 e. The fraction of sp³-hybridized carbons (Fsp3) is 0.333. The largest absolute Gasteiger partial charge is 0.492 e. The molecule has 2 heterocycles. The number of fused-ring (bicyclic) bond motifs is 3. The van der Waals surface area contributed by atoms with Crippen molar-refractivity contribution in [2.75, 3.05) is 6.61 Å². The maximum absolute atomic E-state index is 12.3. The van der Waals surface area contributed by atoms with Crippen LogP contribution in [0.3, 0.4) is 0 Å². The van der Waals surface area contributed by atoms with Gasteiger partial charge in [0.05, 0.1) is 17.1 Å². The van der Waals surface area contributed by atoms with Crippen LogP contribution in [-0.4, -0.2) is 22.6 Å². The molecule has 3 N–H and O–H groups in total. The molecule has 23 heavy (non-hydrogen) atoms. The number of aromatic nitrogens is 2. The zero-order valence-electron chi connectivity index (χ0n) is 13.4. The van der Waals surface area contributed by atoms with Crippen LogP contribution in [0.2, 0.25) is 0 Å². The maximum atomic E-state index is 12.3. The standard InChI is InChI=1S/C18H21N3O2/c1-11(2)7-12(19)10-23-13-3-4-14-15-5-6-20-9-17(15)21-18(22)16(14)8-13/h3-6,8-9,11-12H,7,10,19H2,1-2H3,(H,21,22). The highest BCUT2D eigenvalue weighted by Crippen LogP contribution is 2.24. The summed E-state index contributed by atoms with van der Waals surface area (Å²) in [4.78, 5) is 19.2. The molecule has 120 valence electrons. The van der Waals surface area contributed by atoms with Gasteiger partial charge in [-0.1, -0.05) is 13.8 Å². The zero-order valence-corrected chi connectivity index (χ0v) is 13.4. The van der Waals surface area contributed by atoms with Gasteiger partial charge in [0, 0.05) is 17.6 Å². The molecule has 5 heteroatoms. The van der Waals surface area contributed by atoms with Crippen molar-refractivity contribution in [3.63, 3.8) is 0 Å². The Morgan fingerprint density at radius 2 is 2.04 bits per heavy atom. The SMILES string of the molecule is CC(C)CC(N)COc1ccc2c(c1)c(=O)[nH]c1cnccc12. The van der Waals surface area contributed by atoms with Gasteiger partial charge in [-0.05, 0) is 42.0 Å². The van der Waals surface area contributed by atoms with Crippen LogP contribution in [0.25, 0.3) is 21.7 Å². The second-order valence-electron chi connectivity index (χ2n) is 6.28. The lowest BCUT2D eigenvalue weighted by Crippen LogP contribution is -2.29. The Morgan fingerprint density at radius 3 is 2.83 bits per heavy atom. The van der Waals surface area contributed by atoms with E-state index in [2.05, 4.69) is 23.8 Å². The first-order valence-corrected chi connectivity index (χ1v) is 7.82. The van der Waals surface area contributed by atoms with Gasteiger partial charge in [0.25, 0.3) is 5.56 Å². The smallest absolute Gasteiger partial charge is 0.256 e. The summed E-state index contributed by atoms with van der Waals surface area (Å²) < 4.78 is 5.75. The molecule has 0 aliphatic rings. The van der Waals surface area contributed by atoms with Crippen LogP contribution in [-0.2, 0) is 0 Å². The summed E-state index contributed by atoms with van der Waals surface area (Å²) in [7, 11) is 0. The number of ether oxygens (including phenoxy) is 1. The third-order valence-electron chi connectivity index (χ3n) is 3.83. The van der Waals surface area contributed by atoms with E-state index in [1.165, 1.54) is 0 Å². The van der Waals surface area contributed by atoms with Gasteiger partial charge < -0.3 is 15.5 Å². The minimum absolute atomic E-state index is 0.00772. The molecule has 1 unspecified atom stereocenters. The fourth-order valence-corrected chi connectivity index (χ4v) is 2.83. The summed E-state index contributed by atoms with van der Waals surface area (Å²) in [5.41, 5.74) is 6.63. The van der Waals surface area contributed by atoms with Crippen molar-refractivity contribution >= 4 is 21.7 Å². The number of hydrogen-bond acceptors (Lipinski definition) is 4. The molecule has 1 aromatic carbocycles. The van der Waals surface area contributed by atoms with E-state index in [1.807, 2.05) is 18.2 Å². The van der Waals surface area contributed by atoms with Crippen molar-refractivity contribution in [1.82, 2.24) is 9.97 Å². The predicted octanol–water partition coefficient (Wildman–Crippen LogP) is 2.83. The van der Waals surface area contributed by atoms with Gasteiger partial charge in [-0.3, -0.25) is 9.78 Å². The highest BCUT2D eigenvalue weighted by atomic mass is 16.5. The number of H-pyrrole nitrogens is 1. The Bertz CT molecular complexity index is 886. The van der Waals surface area contributed by atoms with E-state index in [1.54, 1.807) is 18.5 Å². The Balaban J connectivity index is 1.92. The summed E-state index contributed by atoms with van der Waals surface area (Å²) in [6.07, 6.45) is 4.28. The first kappa shape index (κ1) is 15.5. The lowest BCUT2D eigenvalue weighted by atomic mass is 10.1. The van der Waals surface area contributed by atoms with E-state index >= 15 is 0 Å². The van der Waals surface area contributed by atoms with Crippen LogP contribution in [0.4, 0.5) is 0 Å². The van der Waals surface area contributed by atoms with Crippen LogP contribution in [0.1, 0.15) is 20.3 Å². The molecule has 0 fully saturated rings. The molecule has 0 spiro atoms. The summed E-state index contributed by atoms with van der Waals surface area (Å²) in [6.45, 7) is 4.71. The molecule has 0 radical (unpaired) electrons. The highest BCUT2D eigenvalue weighted by Gasteiger charge is 2.09. The number of hydrogen-bond donors (Lipinski definition) is 2. The van der Waals surface area contributed by atoms with Crippen LogP contribution >= 0.6 is 0 Å². The molecule has 2 aromatic heterocycles. The zero-order chi connectivity index (χ0) is 16.4. The Kier molecular flexibility index (Phi) is 4.30. The summed E-state index contributed by atoms with van der Waals surface area (Å²) in [6, 6.07) is 7.45. The average Bonchev–Trinajstić information content (AvgIpc) is 2.52. The fourth-order valence-electron chi connectivity index (χ4n) is 2.83. The van der Waals surface area contributed by atoms with Crippen LogP contribution in [0.15, 0.2) is 41.5 Å². The van der Waals surface area contributed by atoms with Crippen molar-refractivity contribution in [3.8, 4) is 5.75 Å². The minimum atomic E-state index is -0.141. The molecule has 0 bridgehead atoms. The van der Waals surface area contributed by atoms with Crippen LogP contribution in [0, 0.1) is 5.92 Å². The first-order valence-electron chi connectivity index (χ1n) is 7.82. The molecule has 1 atom stereocenters. The number of benzene rings is 1. The number of aromatic amines is 1. The number of nitrogens with zero attached hydrogens (tertiary/aromatic N) is 1. The number of nitrogens with two attached hydrogens (primary N) is 1. The molecule has 3 rings (SSSR count). The normalized spacial score (nSPS) is 12.9. The molecular weight excluding hydrogens is 290 g/mol. The molecule has 0 aliphatic heterocycles. The first-order chi connectivity index (χ1) is 11.0. The average molecular weight is 311 g/mol. The summed E-state index contributed by atoms with van der Waals surface area (Å²) in [5, 5.41) is 2.47. The lowest BCUT2D eigenvalue weighted by Gasteiger charge is -2.15. The van der Waals surface area contributed by atoms with Crippen molar-refractivity contribution in [3.05, 3.63) is 47.0 Å². The molecule has 0 saturated carbocycles. The van der Waals surface area contributed by atoms with Crippen molar-refractivity contribution < 1.29 is 4.74 Å². The molecule has 0 saturated heterocycles. The summed E-state index contributed by atoms with van der Waals surface area (Å²) >= 11 is 0. The van der Waals surface area contributed by atoms with Crippen LogP contribution < -0.4 is 16.0 Å². The summed E-state index contributed by atoms with van der Waals surface area (Å²) in [5.74, 6) is 1.20. The maximum Gasteiger partial charge on any atom is 0.256 e. The van der Waals surface area contributed by atoms with E-state index < -0.39 is 0 Å². The van der Waals surface area contributed by atoms with E-state index in [-0.39, 0.29) is 11.6 Å². The molecular formula is C18H21N3O2. The quantitative estimate of drug-likeness (QED) is 0.710. The van der Waals surface area contributed by atoms with Crippen molar-refractivity contribution in [2.45, 2.75) is 26.3 Å². The topological polar surface area (TPSA) is 81.0 Å². The van der Waals surface area contributed by atoms with Gasteiger partial charge in [-0.2, -0.15) is 0 Å². The highest BCUT2D eigenvalue weighted by molar-refractivity contribution is 6.05. The predicted molar refractivity (Wildman–Crippen MR) is 92.8 cm³/mol. The van der Waals surface area contributed by atoms with Gasteiger partial charge in [-0.25, -0.2) is 0 Å².